The molecule has 3 aliphatic carbocycles. The highest BCUT2D eigenvalue weighted by Crippen LogP contribution is 2.73. The SMILES string of the molecule is CC12CC(c3ccc(B4OC(C)(C)C(C)(C)O4)cc3)(C1)C2. The highest BCUT2D eigenvalue weighted by molar-refractivity contribution is 6.62. The molecule has 2 nitrogen and oxygen atoms in total. The first-order valence-electron chi connectivity index (χ1n) is 8.11. The third kappa shape index (κ3) is 1.80. The van der Waals surface area contributed by atoms with Crippen molar-refractivity contribution < 1.29 is 9.31 Å². The maximum absolute atomic E-state index is 6.12. The summed E-state index contributed by atoms with van der Waals surface area (Å²) in [6.07, 6.45) is 4.11. The summed E-state index contributed by atoms with van der Waals surface area (Å²) in [4.78, 5) is 0. The van der Waals surface area contributed by atoms with Crippen molar-refractivity contribution in [2.75, 3.05) is 0 Å². The van der Waals surface area contributed by atoms with E-state index >= 15 is 0 Å². The van der Waals surface area contributed by atoms with Gasteiger partial charge in [0.1, 0.15) is 0 Å². The Kier molecular flexibility index (Phi) is 2.47. The van der Waals surface area contributed by atoms with Crippen LogP contribution in [0.3, 0.4) is 0 Å². The van der Waals surface area contributed by atoms with Crippen LogP contribution in [0, 0.1) is 5.41 Å². The smallest absolute Gasteiger partial charge is 0.399 e. The van der Waals surface area contributed by atoms with Crippen LogP contribution in [0.15, 0.2) is 24.3 Å². The van der Waals surface area contributed by atoms with E-state index in [4.69, 9.17) is 9.31 Å². The topological polar surface area (TPSA) is 18.5 Å². The van der Waals surface area contributed by atoms with Gasteiger partial charge in [-0.3, -0.25) is 0 Å². The minimum absolute atomic E-state index is 0.241. The summed E-state index contributed by atoms with van der Waals surface area (Å²) >= 11 is 0. The maximum atomic E-state index is 6.12. The predicted molar refractivity (Wildman–Crippen MR) is 85.8 cm³/mol. The highest BCUT2D eigenvalue weighted by Gasteiger charge is 2.65. The van der Waals surface area contributed by atoms with Crippen LogP contribution in [-0.4, -0.2) is 18.3 Å². The molecule has 1 heterocycles. The van der Waals surface area contributed by atoms with Crippen molar-refractivity contribution in [1.82, 2.24) is 0 Å². The summed E-state index contributed by atoms with van der Waals surface area (Å²) in [5.74, 6) is 0. The van der Waals surface area contributed by atoms with Gasteiger partial charge in [-0.05, 0) is 68.8 Å². The number of benzene rings is 1. The van der Waals surface area contributed by atoms with Crippen LogP contribution in [0.2, 0.25) is 0 Å². The molecule has 21 heavy (non-hydrogen) atoms. The average Bonchev–Trinajstić information content (AvgIpc) is 2.54. The first kappa shape index (κ1) is 13.8. The van der Waals surface area contributed by atoms with E-state index in [0.29, 0.717) is 10.8 Å². The van der Waals surface area contributed by atoms with E-state index in [-0.39, 0.29) is 18.3 Å². The van der Waals surface area contributed by atoms with Gasteiger partial charge in [-0.15, -0.1) is 0 Å². The largest absolute Gasteiger partial charge is 0.494 e. The standard InChI is InChI=1S/C18H25BO2/c1-15(2)16(3,4)21-19(20-15)14-8-6-13(7-9-14)18-10-17(5,11-18)12-18/h6-9H,10-12H2,1-5H3. The van der Waals surface area contributed by atoms with Crippen molar-refractivity contribution in [2.45, 2.75) is 70.5 Å². The second kappa shape index (κ2) is 3.75. The second-order valence-corrected chi connectivity index (χ2v) is 8.83. The van der Waals surface area contributed by atoms with Crippen molar-refractivity contribution in [2.24, 2.45) is 5.41 Å². The zero-order chi connectivity index (χ0) is 15.1. The lowest BCUT2D eigenvalue weighted by Gasteiger charge is -2.70. The Morgan fingerprint density at radius 2 is 1.29 bits per heavy atom. The van der Waals surface area contributed by atoms with Gasteiger partial charge in [-0.1, -0.05) is 31.2 Å². The zero-order valence-electron chi connectivity index (χ0n) is 13.8. The molecule has 4 aliphatic rings. The lowest BCUT2D eigenvalue weighted by atomic mass is 9.34. The van der Waals surface area contributed by atoms with Gasteiger partial charge in [0.15, 0.2) is 0 Å². The third-order valence-electron chi connectivity index (χ3n) is 6.34. The molecule has 5 rings (SSSR count). The van der Waals surface area contributed by atoms with Crippen LogP contribution in [0.4, 0.5) is 0 Å². The molecule has 0 N–H and O–H groups in total. The summed E-state index contributed by atoms with van der Waals surface area (Å²) in [6, 6.07) is 8.97. The highest BCUT2D eigenvalue weighted by atomic mass is 16.7. The van der Waals surface area contributed by atoms with Crippen LogP contribution in [0.1, 0.15) is 59.4 Å². The molecular formula is C18H25BO2. The molecule has 0 atom stereocenters. The van der Waals surface area contributed by atoms with Gasteiger partial charge in [-0.25, -0.2) is 0 Å². The lowest BCUT2D eigenvalue weighted by Crippen LogP contribution is -2.62. The van der Waals surface area contributed by atoms with Crippen molar-refractivity contribution >= 4 is 12.6 Å². The molecule has 2 bridgehead atoms. The van der Waals surface area contributed by atoms with Gasteiger partial charge in [0.25, 0.3) is 0 Å². The zero-order valence-corrected chi connectivity index (χ0v) is 13.8. The fraction of sp³-hybridized carbons (Fsp3) is 0.667. The molecule has 0 amide bonds. The van der Waals surface area contributed by atoms with Gasteiger partial charge < -0.3 is 9.31 Å². The van der Waals surface area contributed by atoms with Gasteiger partial charge >= 0.3 is 7.12 Å². The second-order valence-electron chi connectivity index (χ2n) is 8.83. The summed E-state index contributed by atoms with van der Waals surface area (Å²) < 4.78 is 12.2. The van der Waals surface area contributed by atoms with Crippen LogP contribution in [0.25, 0.3) is 0 Å². The van der Waals surface area contributed by atoms with E-state index in [1.165, 1.54) is 24.8 Å². The molecule has 0 unspecified atom stereocenters. The Balaban J connectivity index is 1.53. The van der Waals surface area contributed by atoms with Crippen LogP contribution < -0.4 is 5.46 Å². The van der Waals surface area contributed by atoms with E-state index in [2.05, 4.69) is 58.9 Å². The molecule has 0 radical (unpaired) electrons. The molecule has 3 heteroatoms. The molecular weight excluding hydrogens is 259 g/mol. The van der Waals surface area contributed by atoms with E-state index < -0.39 is 0 Å². The molecule has 4 fully saturated rings. The van der Waals surface area contributed by atoms with Gasteiger partial charge in [0, 0.05) is 0 Å². The van der Waals surface area contributed by atoms with Crippen LogP contribution in [0.5, 0.6) is 0 Å². The average molecular weight is 284 g/mol. The first-order valence-corrected chi connectivity index (χ1v) is 8.11. The molecule has 0 spiro atoms. The third-order valence-corrected chi connectivity index (χ3v) is 6.34. The first-order chi connectivity index (χ1) is 9.65. The van der Waals surface area contributed by atoms with Gasteiger partial charge in [0.05, 0.1) is 11.2 Å². The van der Waals surface area contributed by atoms with E-state index in [1.54, 1.807) is 0 Å². The van der Waals surface area contributed by atoms with Crippen molar-refractivity contribution in [3.8, 4) is 0 Å². The van der Waals surface area contributed by atoms with Gasteiger partial charge in [0.2, 0.25) is 0 Å². The molecule has 0 aromatic heterocycles. The number of rotatable bonds is 2. The van der Waals surface area contributed by atoms with Crippen LogP contribution >= 0.6 is 0 Å². The van der Waals surface area contributed by atoms with E-state index in [9.17, 15) is 0 Å². The van der Waals surface area contributed by atoms with E-state index in [1.807, 2.05) is 0 Å². The summed E-state index contributed by atoms with van der Waals surface area (Å²) in [5.41, 5.74) is 3.27. The Morgan fingerprint density at radius 1 is 0.810 bits per heavy atom. The summed E-state index contributed by atoms with van der Waals surface area (Å²) in [5, 5.41) is 0. The Bertz CT molecular complexity index is 552. The number of hydrogen-bond donors (Lipinski definition) is 0. The summed E-state index contributed by atoms with van der Waals surface area (Å²) in [6.45, 7) is 10.8. The molecule has 1 aromatic rings. The lowest BCUT2D eigenvalue weighted by molar-refractivity contribution is -0.125. The fourth-order valence-electron chi connectivity index (χ4n) is 4.57. The molecule has 1 aromatic carbocycles. The monoisotopic (exact) mass is 284 g/mol. The predicted octanol–water partition coefficient (Wildman–Crippen LogP) is 3.43. The minimum Gasteiger partial charge on any atom is -0.399 e. The molecule has 1 aliphatic heterocycles. The summed E-state index contributed by atoms with van der Waals surface area (Å²) in [7, 11) is -0.241. The molecule has 1 saturated heterocycles. The van der Waals surface area contributed by atoms with Crippen molar-refractivity contribution in [1.29, 1.82) is 0 Å². The van der Waals surface area contributed by atoms with Gasteiger partial charge in [-0.2, -0.15) is 0 Å². The minimum atomic E-state index is -0.265. The van der Waals surface area contributed by atoms with Crippen LogP contribution in [-0.2, 0) is 14.7 Å². The Labute approximate surface area is 128 Å². The molecule has 112 valence electrons. The quantitative estimate of drug-likeness (QED) is 0.775. The van der Waals surface area contributed by atoms with Crippen molar-refractivity contribution in [3.05, 3.63) is 29.8 Å². The fourth-order valence-corrected chi connectivity index (χ4v) is 4.57. The normalized spacial score (nSPS) is 38.8. The van der Waals surface area contributed by atoms with Crippen molar-refractivity contribution in [3.63, 3.8) is 0 Å². The Morgan fingerprint density at radius 3 is 1.71 bits per heavy atom. The maximum Gasteiger partial charge on any atom is 0.494 e. The Hall–Kier alpha value is -0.795. The van der Waals surface area contributed by atoms with E-state index in [0.717, 1.165) is 5.46 Å². The molecule has 3 saturated carbocycles. The number of hydrogen-bond acceptors (Lipinski definition) is 2.